The Morgan fingerprint density at radius 2 is 2.04 bits per heavy atom. The fourth-order valence-electron chi connectivity index (χ4n) is 2.36. The van der Waals surface area contributed by atoms with Crippen LogP contribution in [0.1, 0.15) is 5.82 Å². The standard InChI is InChI=1S/C15H11ClN6O2/c1-21-13-11(6-18-21)15(23)22(8-17-13)7-12-19-14(24-20-12)9-2-4-10(16)5-3-9/h2-6,8H,7H2,1H3. The molecule has 24 heavy (non-hydrogen) atoms. The van der Waals surface area contributed by atoms with Gasteiger partial charge in [0.25, 0.3) is 11.4 Å². The molecule has 0 bridgehead atoms. The Morgan fingerprint density at radius 1 is 1.25 bits per heavy atom. The molecule has 0 saturated carbocycles. The van der Waals surface area contributed by atoms with Gasteiger partial charge in [0.2, 0.25) is 0 Å². The molecule has 3 heterocycles. The summed E-state index contributed by atoms with van der Waals surface area (Å²) in [5.41, 5.74) is 1.09. The Kier molecular flexibility index (Phi) is 3.39. The maximum Gasteiger partial charge on any atom is 0.264 e. The summed E-state index contributed by atoms with van der Waals surface area (Å²) < 4.78 is 8.20. The molecule has 0 amide bonds. The minimum absolute atomic E-state index is 0.160. The lowest BCUT2D eigenvalue weighted by Crippen LogP contribution is -2.21. The van der Waals surface area contributed by atoms with Crippen LogP contribution in [-0.2, 0) is 13.6 Å². The van der Waals surface area contributed by atoms with Crippen molar-refractivity contribution in [3.63, 3.8) is 0 Å². The number of hydrogen-bond acceptors (Lipinski definition) is 6. The van der Waals surface area contributed by atoms with Crippen LogP contribution in [0.2, 0.25) is 5.02 Å². The largest absolute Gasteiger partial charge is 0.334 e. The number of benzene rings is 1. The smallest absolute Gasteiger partial charge is 0.264 e. The van der Waals surface area contributed by atoms with Crippen LogP contribution in [0.5, 0.6) is 0 Å². The first kappa shape index (κ1) is 14.6. The Morgan fingerprint density at radius 3 is 2.83 bits per heavy atom. The van der Waals surface area contributed by atoms with Crippen molar-refractivity contribution in [2.45, 2.75) is 6.54 Å². The molecule has 0 aliphatic rings. The molecule has 0 fully saturated rings. The van der Waals surface area contributed by atoms with Gasteiger partial charge in [-0.05, 0) is 24.3 Å². The Labute approximate surface area is 140 Å². The van der Waals surface area contributed by atoms with Crippen LogP contribution in [0.3, 0.4) is 0 Å². The highest BCUT2D eigenvalue weighted by Crippen LogP contribution is 2.19. The number of halogens is 1. The zero-order chi connectivity index (χ0) is 16.7. The summed E-state index contributed by atoms with van der Waals surface area (Å²) in [6.45, 7) is 0.160. The molecule has 0 aliphatic heterocycles. The zero-order valence-corrected chi connectivity index (χ0v) is 13.3. The molecule has 9 heteroatoms. The maximum absolute atomic E-state index is 12.4. The lowest BCUT2D eigenvalue weighted by atomic mass is 10.2. The molecule has 0 unspecified atom stereocenters. The molecule has 4 aromatic rings. The summed E-state index contributed by atoms with van der Waals surface area (Å²) in [7, 11) is 1.73. The molecular weight excluding hydrogens is 332 g/mol. The van der Waals surface area contributed by atoms with Gasteiger partial charge < -0.3 is 4.52 Å². The van der Waals surface area contributed by atoms with Crippen LogP contribution in [-0.4, -0.2) is 29.5 Å². The first-order chi connectivity index (χ1) is 11.6. The molecule has 0 spiro atoms. The van der Waals surface area contributed by atoms with Gasteiger partial charge in [0, 0.05) is 17.6 Å². The molecule has 0 atom stereocenters. The summed E-state index contributed by atoms with van der Waals surface area (Å²) in [5.74, 6) is 0.747. The van der Waals surface area contributed by atoms with Crippen molar-refractivity contribution >= 4 is 22.6 Å². The first-order valence-electron chi connectivity index (χ1n) is 7.07. The van der Waals surface area contributed by atoms with Gasteiger partial charge in [0.1, 0.15) is 11.7 Å². The summed E-state index contributed by atoms with van der Waals surface area (Å²) in [5, 5.41) is 9.02. The van der Waals surface area contributed by atoms with E-state index >= 15 is 0 Å². The van der Waals surface area contributed by atoms with E-state index in [1.807, 2.05) is 0 Å². The number of rotatable bonds is 3. The van der Waals surface area contributed by atoms with E-state index in [1.54, 1.807) is 36.0 Å². The quantitative estimate of drug-likeness (QED) is 0.564. The molecule has 3 aromatic heterocycles. The van der Waals surface area contributed by atoms with Crippen LogP contribution in [0.15, 0.2) is 46.1 Å². The van der Waals surface area contributed by atoms with Gasteiger partial charge in [-0.15, -0.1) is 0 Å². The molecule has 0 aliphatic carbocycles. The molecule has 0 radical (unpaired) electrons. The summed E-state index contributed by atoms with van der Waals surface area (Å²) in [6.07, 6.45) is 2.95. The Hall–Kier alpha value is -3.00. The normalized spacial score (nSPS) is 11.2. The van der Waals surface area contributed by atoms with Gasteiger partial charge in [-0.2, -0.15) is 10.1 Å². The van der Waals surface area contributed by atoms with Crippen molar-refractivity contribution in [2.75, 3.05) is 0 Å². The van der Waals surface area contributed by atoms with Crippen molar-refractivity contribution in [3.05, 3.63) is 58.0 Å². The van der Waals surface area contributed by atoms with E-state index in [-0.39, 0.29) is 12.1 Å². The number of aryl methyl sites for hydroxylation is 1. The molecule has 0 saturated heterocycles. The van der Waals surface area contributed by atoms with Gasteiger partial charge in [-0.25, -0.2) is 4.98 Å². The van der Waals surface area contributed by atoms with E-state index in [0.717, 1.165) is 5.56 Å². The highest BCUT2D eigenvalue weighted by molar-refractivity contribution is 6.30. The topological polar surface area (TPSA) is 91.6 Å². The van der Waals surface area contributed by atoms with Crippen LogP contribution in [0.25, 0.3) is 22.5 Å². The molecular formula is C15H11ClN6O2. The minimum atomic E-state index is -0.203. The SMILES string of the molecule is Cn1ncc2c(=O)n(Cc3noc(-c4ccc(Cl)cc4)n3)cnc21. The Bertz CT molecular complexity index is 1080. The number of fused-ring (bicyclic) bond motifs is 1. The average molecular weight is 343 g/mol. The van der Waals surface area contributed by atoms with E-state index < -0.39 is 0 Å². The van der Waals surface area contributed by atoms with Crippen LogP contribution >= 0.6 is 11.6 Å². The van der Waals surface area contributed by atoms with Gasteiger partial charge >= 0.3 is 0 Å². The molecule has 0 N–H and O–H groups in total. The third kappa shape index (κ3) is 2.46. The van der Waals surface area contributed by atoms with Crippen molar-refractivity contribution in [3.8, 4) is 11.5 Å². The lowest BCUT2D eigenvalue weighted by Gasteiger charge is -2.01. The van der Waals surface area contributed by atoms with Crippen molar-refractivity contribution in [1.29, 1.82) is 0 Å². The fourth-order valence-corrected chi connectivity index (χ4v) is 2.49. The molecule has 8 nitrogen and oxygen atoms in total. The molecule has 120 valence electrons. The summed E-state index contributed by atoms with van der Waals surface area (Å²) in [4.78, 5) is 21.0. The van der Waals surface area contributed by atoms with Crippen LogP contribution in [0.4, 0.5) is 0 Å². The lowest BCUT2D eigenvalue weighted by molar-refractivity contribution is 0.420. The highest BCUT2D eigenvalue weighted by atomic mass is 35.5. The maximum atomic E-state index is 12.4. The fraction of sp³-hybridized carbons (Fsp3) is 0.133. The molecule has 1 aromatic carbocycles. The van der Waals surface area contributed by atoms with Gasteiger partial charge in [-0.3, -0.25) is 14.0 Å². The van der Waals surface area contributed by atoms with Crippen molar-refractivity contribution in [2.24, 2.45) is 7.05 Å². The third-order valence-electron chi connectivity index (χ3n) is 3.59. The number of aromatic nitrogens is 6. The second-order valence-corrected chi connectivity index (χ2v) is 5.64. The average Bonchev–Trinajstić information content (AvgIpc) is 3.19. The van der Waals surface area contributed by atoms with Gasteiger partial charge in [0.05, 0.1) is 12.7 Å². The zero-order valence-electron chi connectivity index (χ0n) is 12.5. The van der Waals surface area contributed by atoms with E-state index in [1.165, 1.54) is 17.1 Å². The third-order valence-corrected chi connectivity index (χ3v) is 3.84. The predicted octanol–water partition coefficient (Wildman–Crippen LogP) is 1.88. The van der Waals surface area contributed by atoms with E-state index in [4.69, 9.17) is 16.1 Å². The monoisotopic (exact) mass is 342 g/mol. The van der Waals surface area contributed by atoms with Crippen molar-refractivity contribution < 1.29 is 4.52 Å². The second kappa shape index (κ2) is 5.57. The summed E-state index contributed by atoms with van der Waals surface area (Å²) >= 11 is 5.86. The minimum Gasteiger partial charge on any atom is -0.334 e. The summed E-state index contributed by atoms with van der Waals surface area (Å²) in [6, 6.07) is 7.06. The van der Waals surface area contributed by atoms with Gasteiger partial charge in [0.15, 0.2) is 11.5 Å². The van der Waals surface area contributed by atoms with Crippen LogP contribution < -0.4 is 5.56 Å². The van der Waals surface area contributed by atoms with E-state index in [2.05, 4.69) is 20.2 Å². The van der Waals surface area contributed by atoms with Crippen molar-refractivity contribution in [1.82, 2.24) is 29.5 Å². The number of hydrogen-bond donors (Lipinski definition) is 0. The van der Waals surface area contributed by atoms with Gasteiger partial charge in [-0.1, -0.05) is 16.8 Å². The Balaban J connectivity index is 1.65. The highest BCUT2D eigenvalue weighted by Gasteiger charge is 2.12. The first-order valence-corrected chi connectivity index (χ1v) is 7.45. The molecule has 4 rings (SSSR count). The van der Waals surface area contributed by atoms with Crippen LogP contribution in [0, 0.1) is 0 Å². The van der Waals surface area contributed by atoms with E-state index in [0.29, 0.717) is 27.8 Å². The number of nitrogens with zero attached hydrogens (tertiary/aromatic N) is 6. The predicted molar refractivity (Wildman–Crippen MR) is 86.6 cm³/mol. The second-order valence-electron chi connectivity index (χ2n) is 5.21. The van der Waals surface area contributed by atoms with E-state index in [9.17, 15) is 4.79 Å².